The van der Waals surface area contributed by atoms with Gasteiger partial charge in [-0.15, -0.1) is 0 Å². The van der Waals surface area contributed by atoms with Gasteiger partial charge in [-0.3, -0.25) is 4.79 Å². The van der Waals surface area contributed by atoms with Crippen LogP contribution in [0.5, 0.6) is 0 Å². The van der Waals surface area contributed by atoms with E-state index in [2.05, 4.69) is 9.97 Å². The maximum absolute atomic E-state index is 11.6. The van der Waals surface area contributed by atoms with Crippen LogP contribution in [0.3, 0.4) is 0 Å². The number of carbonyl (C=O) groups excluding carboxylic acids is 1. The molecule has 0 unspecified atom stereocenters. The summed E-state index contributed by atoms with van der Waals surface area (Å²) in [5.41, 5.74) is 9.53. The van der Waals surface area contributed by atoms with Gasteiger partial charge in [0.2, 0.25) is 5.91 Å². The molecule has 5 nitrogen and oxygen atoms in total. The lowest BCUT2D eigenvalue weighted by Gasteiger charge is -2.10. The predicted molar refractivity (Wildman–Crippen MR) is 69.0 cm³/mol. The van der Waals surface area contributed by atoms with Gasteiger partial charge in [-0.05, 0) is 23.3 Å². The van der Waals surface area contributed by atoms with Crippen LogP contribution in [0.25, 0.3) is 11.3 Å². The molecule has 0 fully saturated rings. The van der Waals surface area contributed by atoms with Crippen LogP contribution in [0.15, 0.2) is 24.4 Å². The third-order valence-electron chi connectivity index (χ3n) is 3.29. The second kappa shape index (κ2) is 3.96. The highest BCUT2D eigenvalue weighted by molar-refractivity contribution is 6.01. The molecular weight excluding hydrogens is 228 g/mol. The summed E-state index contributed by atoms with van der Waals surface area (Å²) < 4.78 is 0. The van der Waals surface area contributed by atoms with Crippen molar-refractivity contribution in [3.8, 4) is 11.3 Å². The second-order valence-electron chi connectivity index (χ2n) is 4.42. The summed E-state index contributed by atoms with van der Waals surface area (Å²) in [5.74, 6) is 0.896. The number of hydrogen-bond donors (Lipinski definition) is 2. The molecule has 0 bridgehead atoms. The van der Waals surface area contributed by atoms with Gasteiger partial charge >= 0.3 is 0 Å². The molecule has 0 saturated carbocycles. The maximum Gasteiger partial charge on any atom is 0.231 e. The number of fused-ring (bicyclic) bond motifs is 1. The fraction of sp³-hybridized carbons (Fsp3) is 0.231. The Morgan fingerprint density at radius 2 is 2.33 bits per heavy atom. The molecule has 3 rings (SSSR count). The molecule has 1 amide bonds. The van der Waals surface area contributed by atoms with Gasteiger partial charge in [-0.1, -0.05) is 6.07 Å². The minimum Gasteiger partial charge on any atom is -0.341 e. The minimum atomic E-state index is 0.134. The van der Waals surface area contributed by atoms with Crippen molar-refractivity contribution in [2.24, 2.45) is 5.73 Å². The molecule has 1 aliphatic rings. The molecule has 1 aromatic carbocycles. The molecule has 2 heterocycles. The number of imidazole rings is 1. The molecular formula is C13H14N4O. The minimum absolute atomic E-state index is 0.134. The van der Waals surface area contributed by atoms with Gasteiger partial charge in [0, 0.05) is 12.7 Å². The van der Waals surface area contributed by atoms with Crippen molar-refractivity contribution in [1.29, 1.82) is 0 Å². The summed E-state index contributed by atoms with van der Waals surface area (Å²) >= 11 is 0. The Hall–Kier alpha value is -2.14. The molecule has 3 N–H and O–H groups in total. The molecule has 0 spiro atoms. The molecule has 0 aliphatic carbocycles. The van der Waals surface area contributed by atoms with E-state index in [9.17, 15) is 4.79 Å². The van der Waals surface area contributed by atoms with Crippen LogP contribution in [0.1, 0.15) is 11.4 Å². The number of nitrogens with two attached hydrogens (primary N) is 1. The normalized spacial score (nSPS) is 14.1. The highest BCUT2D eigenvalue weighted by Crippen LogP contribution is 2.31. The number of anilines is 1. The number of nitrogens with one attached hydrogen (secondary N) is 1. The fourth-order valence-electron chi connectivity index (χ4n) is 2.25. The number of benzene rings is 1. The zero-order chi connectivity index (χ0) is 12.7. The van der Waals surface area contributed by atoms with E-state index in [0.29, 0.717) is 13.0 Å². The summed E-state index contributed by atoms with van der Waals surface area (Å²) in [5, 5.41) is 0. The first-order chi connectivity index (χ1) is 8.69. The highest BCUT2D eigenvalue weighted by atomic mass is 16.2. The molecule has 1 aromatic heterocycles. The van der Waals surface area contributed by atoms with Crippen LogP contribution < -0.4 is 10.6 Å². The number of likely N-dealkylation sites (N-methyl/N-ethyl adjacent to an activating group) is 1. The Kier molecular flexibility index (Phi) is 2.41. The number of rotatable bonds is 2. The Morgan fingerprint density at radius 3 is 3.06 bits per heavy atom. The molecule has 0 saturated heterocycles. The summed E-state index contributed by atoms with van der Waals surface area (Å²) in [6.07, 6.45) is 2.24. The van der Waals surface area contributed by atoms with E-state index in [1.54, 1.807) is 18.1 Å². The average molecular weight is 242 g/mol. The smallest absolute Gasteiger partial charge is 0.231 e. The van der Waals surface area contributed by atoms with E-state index in [1.807, 2.05) is 18.2 Å². The zero-order valence-electron chi connectivity index (χ0n) is 10.1. The first kappa shape index (κ1) is 11.0. The number of amides is 1. The lowest BCUT2D eigenvalue weighted by Crippen LogP contribution is -2.20. The topological polar surface area (TPSA) is 75.0 Å². The van der Waals surface area contributed by atoms with Crippen LogP contribution in [0.2, 0.25) is 0 Å². The van der Waals surface area contributed by atoms with Gasteiger partial charge in [0.25, 0.3) is 0 Å². The molecule has 2 aromatic rings. The summed E-state index contributed by atoms with van der Waals surface area (Å²) in [6.45, 7) is 0.395. The van der Waals surface area contributed by atoms with Gasteiger partial charge in [0.1, 0.15) is 5.82 Å². The number of H-pyrrole nitrogens is 1. The van der Waals surface area contributed by atoms with Crippen LogP contribution in [-0.4, -0.2) is 22.9 Å². The average Bonchev–Trinajstić information content (AvgIpc) is 2.95. The Morgan fingerprint density at radius 1 is 1.50 bits per heavy atom. The van der Waals surface area contributed by atoms with E-state index in [1.165, 1.54) is 0 Å². The Balaban J connectivity index is 2.01. The number of aromatic amines is 1. The lowest BCUT2D eigenvalue weighted by atomic mass is 10.1. The number of hydrogen-bond acceptors (Lipinski definition) is 3. The van der Waals surface area contributed by atoms with E-state index < -0.39 is 0 Å². The first-order valence-corrected chi connectivity index (χ1v) is 5.83. The Labute approximate surface area is 105 Å². The van der Waals surface area contributed by atoms with Crippen molar-refractivity contribution >= 4 is 11.6 Å². The quantitative estimate of drug-likeness (QED) is 0.826. The van der Waals surface area contributed by atoms with Crippen molar-refractivity contribution in [2.75, 3.05) is 11.9 Å². The summed E-state index contributed by atoms with van der Waals surface area (Å²) in [7, 11) is 1.80. The first-order valence-electron chi connectivity index (χ1n) is 5.83. The maximum atomic E-state index is 11.6. The van der Waals surface area contributed by atoms with Crippen molar-refractivity contribution < 1.29 is 4.79 Å². The van der Waals surface area contributed by atoms with Crippen molar-refractivity contribution in [3.05, 3.63) is 35.8 Å². The van der Waals surface area contributed by atoms with Gasteiger partial charge in [-0.2, -0.15) is 0 Å². The van der Waals surface area contributed by atoms with E-state index in [4.69, 9.17) is 5.73 Å². The summed E-state index contributed by atoms with van der Waals surface area (Å²) in [4.78, 5) is 20.6. The Bertz CT molecular complexity index is 617. The fourth-order valence-corrected chi connectivity index (χ4v) is 2.25. The molecule has 92 valence electrons. The third kappa shape index (κ3) is 1.60. The van der Waals surface area contributed by atoms with Crippen molar-refractivity contribution in [1.82, 2.24) is 9.97 Å². The SMILES string of the molecule is CN1C(=O)Cc2cc(-c3cnc(CN)[nH]3)ccc21. The van der Waals surface area contributed by atoms with Crippen LogP contribution in [0.4, 0.5) is 5.69 Å². The van der Waals surface area contributed by atoms with Gasteiger partial charge in [0.15, 0.2) is 0 Å². The third-order valence-corrected chi connectivity index (χ3v) is 3.29. The molecule has 0 atom stereocenters. The van der Waals surface area contributed by atoms with Crippen molar-refractivity contribution in [2.45, 2.75) is 13.0 Å². The van der Waals surface area contributed by atoms with Crippen LogP contribution in [0, 0.1) is 0 Å². The van der Waals surface area contributed by atoms with Gasteiger partial charge < -0.3 is 15.6 Å². The largest absolute Gasteiger partial charge is 0.341 e. The van der Waals surface area contributed by atoms with E-state index >= 15 is 0 Å². The van der Waals surface area contributed by atoms with Gasteiger partial charge in [0.05, 0.1) is 24.9 Å². The van der Waals surface area contributed by atoms with E-state index in [-0.39, 0.29) is 5.91 Å². The molecule has 5 heteroatoms. The van der Waals surface area contributed by atoms with Crippen LogP contribution in [-0.2, 0) is 17.8 Å². The van der Waals surface area contributed by atoms with Crippen LogP contribution >= 0.6 is 0 Å². The number of nitrogens with zero attached hydrogens (tertiary/aromatic N) is 2. The predicted octanol–water partition coefficient (Wildman–Crippen LogP) is 1.05. The second-order valence-corrected chi connectivity index (χ2v) is 4.42. The molecule has 18 heavy (non-hydrogen) atoms. The van der Waals surface area contributed by atoms with E-state index in [0.717, 1.165) is 28.3 Å². The summed E-state index contributed by atoms with van der Waals surface area (Å²) in [6, 6.07) is 5.99. The monoisotopic (exact) mass is 242 g/mol. The molecule has 0 radical (unpaired) electrons. The lowest BCUT2D eigenvalue weighted by molar-refractivity contribution is -0.117. The van der Waals surface area contributed by atoms with Crippen molar-refractivity contribution in [3.63, 3.8) is 0 Å². The number of aromatic nitrogens is 2. The number of carbonyl (C=O) groups is 1. The zero-order valence-corrected chi connectivity index (χ0v) is 10.1. The standard InChI is InChI=1S/C13H14N4O/c1-17-11-3-2-8(4-9(11)5-13(17)18)10-7-15-12(6-14)16-10/h2-4,7H,5-6,14H2,1H3,(H,15,16). The highest BCUT2D eigenvalue weighted by Gasteiger charge is 2.24. The van der Waals surface area contributed by atoms with Gasteiger partial charge in [-0.25, -0.2) is 4.98 Å². The molecule has 1 aliphatic heterocycles.